The van der Waals surface area contributed by atoms with Crippen LogP contribution in [0.2, 0.25) is 10.0 Å². The number of amides is 1. The van der Waals surface area contributed by atoms with E-state index in [1.807, 2.05) is 0 Å². The number of anilines is 1. The van der Waals surface area contributed by atoms with Crippen LogP contribution in [-0.4, -0.2) is 11.0 Å². The molecule has 1 amide bonds. The molecule has 0 aliphatic carbocycles. The number of phenols is 1. The number of para-hydroxylation sites is 1. The van der Waals surface area contributed by atoms with Crippen LogP contribution in [-0.2, 0) is 0 Å². The molecular weight excluding hydrogens is 341 g/mol. The highest BCUT2D eigenvalue weighted by molar-refractivity contribution is 6.34. The van der Waals surface area contributed by atoms with E-state index in [-0.39, 0.29) is 38.6 Å². The predicted molar refractivity (Wildman–Crippen MR) is 88.6 cm³/mol. The van der Waals surface area contributed by atoms with E-state index in [0.29, 0.717) is 5.02 Å². The number of rotatable bonds is 2. The van der Waals surface area contributed by atoms with E-state index in [2.05, 4.69) is 5.32 Å². The number of aromatic hydroxyl groups is 1. The molecular formula is C16H9Cl2NO4. The number of carbonyl (C=O) groups excluding carboxylic acids is 1. The smallest absolute Gasteiger partial charge is 0.291 e. The Morgan fingerprint density at radius 1 is 1.13 bits per heavy atom. The average molecular weight is 350 g/mol. The van der Waals surface area contributed by atoms with Crippen LogP contribution in [0.15, 0.2) is 51.7 Å². The molecule has 116 valence electrons. The van der Waals surface area contributed by atoms with E-state index in [0.717, 1.165) is 6.07 Å². The summed E-state index contributed by atoms with van der Waals surface area (Å²) in [6, 6.07) is 10.0. The number of halogens is 2. The molecule has 2 N–H and O–H groups in total. The molecule has 0 saturated carbocycles. The van der Waals surface area contributed by atoms with Crippen molar-refractivity contribution in [3.63, 3.8) is 0 Å². The highest BCUT2D eigenvalue weighted by Gasteiger charge is 2.15. The molecule has 0 bridgehead atoms. The SMILES string of the molecule is O=C(Nc1ccc(Cl)cc1O)c1cc(=O)c2cccc(Cl)c2o1. The summed E-state index contributed by atoms with van der Waals surface area (Å²) in [7, 11) is 0. The van der Waals surface area contributed by atoms with Crippen LogP contribution < -0.4 is 10.7 Å². The zero-order chi connectivity index (χ0) is 16.6. The van der Waals surface area contributed by atoms with Gasteiger partial charge < -0.3 is 14.8 Å². The summed E-state index contributed by atoms with van der Waals surface area (Å²) in [5.74, 6) is -1.11. The fraction of sp³-hybridized carbons (Fsp3) is 0. The molecule has 0 atom stereocenters. The molecule has 2 aromatic carbocycles. The lowest BCUT2D eigenvalue weighted by Crippen LogP contribution is -2.15. The van der Waals surface area contributed by atoms with Gasteiger partial charge in [-0.2, -0.15) is 0 Å². The molecule has 0 saturated heterocycles. The van der Waals surface area contributed by atoms with Gasteiger partial charge in [0.05, 0.1) is 16.1 Å². The van der Waals surface area contributed by atoms with E-state index in [1.165, 1.54) is 18.2 Å². The first-order valence-electron chi connectivity index (χ1n) is 6.48. The van der Waals surface area contributed by atoms with Gasteiger partial charge in [-0.3, -0.25) is 9.59 Å². The monoisotopic (exact) mass is 349 g/mol. The second-order valence-corrected chi connectivity index (χ2v) is 5.55. The summed E-state index contributed by atoms with van der Waals surface area (Å²) < 4.78 is 5.42. The Labute approximate surface area is 140 Å². The molecule has 1 aromatic heterocycles. The Bertz CT molecular complexity index is 981. The van der Waals surface area contributed by atoms with E-state index in [9.17, 15) is 14.7 Å². The third kappa shape index (κ3) is 3.02. The van der Waals surface area contributed by atoms with Crippen molar-refractivity contribution in [3.05, 3.63) is 68.5 Å². The van der Waals surface area contributed by atoms with Crippen LogP contribution in [0.25, 0.3) is 11.0 Å². The number of fused-ring (bicyclic) bond motifs is 1. The second kappa shape index (κ2) is 5.95. The maximum absolute atomic E-state index is 12.2. The number of hydrogen-bond acceptors (Lipinski definition) is 4. The topological polar surface area (TPSA) is 79.5 Å². The maximum Gasteiger partial charge on any atom is 0.291 e. The standard InChI is InChI=1S/C16H9Cl2NO4/c17-8-4-5-11(13(21)6-8)19-16(22)14-7-12(20)9-2-1-3-10(18)15(9)23-14/h1-7,21H,(H,19,22). The van der Waals surface area contributed by atoms with Gasteiger partial charge in [0.1, 0.15) is 5.75 Å². The zero-order valence-corrected chi connectivity index (χ0v) is 13.0. The Hall–Kier alpha value is -2.50. The minimum absolute atomic E-state index is 0.132. The fourth-order valence-electron chi connectivity index (χ4n) is 2.05. The highest BCUT2D eigenvalue weighted by atomic mass is 35.5. The van der Waals surface area contributed by atoms with Crippen LogP contribution in [0.4, 0.5) is 5.69 Å². The Balaban J connectivity index is 2.01. The first kappa shape index (κ1) is 15.4. The minimum atomic E-state index is -0.693. The quantitative estimate of drug-likeness (QED) is 0.683. The highest BCUT2D eigenvalue weighted by Crippen LogP contribution is 2.27. The van der Waals surface area contributed by atoms with E-state index < -0.39 is 5.91 Å². The van der Waals surface area contributed by atoms with Crippen LogP contribution in [0, 0.1) is 0 Å². The van der Waals surface area contributed by atoms with Crippen molar-refractivity contribution in [2.75, 3.05) is 5.32 Å². The number of benzene rings is 2. The van der Waals surface area contributed by atoms with Gasteiger partial charge in [-0.1, -0.05) is 29.3 Å². The Kier molecular flexibility index (Phi) is 3.98. The van der Waals surface area contributed by atoms with Crippen molar-refractivity contribution in [3.8, 4) is 5.75 Å². The average Bonchev–Trinajstić information content (AvgIpc) is 2.51. The van der Waals surface area contributed by atoms with Crippen LogP contribution in [0.3, 0.4) is 0 Å². The van der Waals surface area contributed by atoms with Crippen molar-refractivity contribution in [2.45, 2.75) is 0 Å². The van der Waals surface area contributed by atoms with Crippen molar-refractivity contribution in [2.24, 2.45) is 0 Å². The van der Waals surface area contributed by atoms with Crippen molar-refractivity contribution in [1.82, 2.24) is 0 Å². The Morgan fingerprint density at radius 3 is 2.65 bits per heavy atom. The van der Waals surface area contributed by atoms with Crippen LogP contribution >= 0.6 is 23.2 Å². The largest absolute Gasteiger partial charge is 0.506 e. The summed E-state index contributed by atoms with van der Waals surface area (Å²) in [5.41, 5.74) is -0.118. The lowest BCUT2D eigenvalue weighted by atomic mass is 10.2. The molecule has 0 spiro atoms. The lowest BCUT2D eigenvalue weighted by Gasteiger charge is -2.08. The second-order valence-electron chi connectivity index (χ2n) is 4.71. The molecule has 3 aromatic rings. The zero-order valence-electron chi connectivity index (χ0n) is 11.5. The molecule has 3 rings (SSSR count). The summed E-state index contributed by atoms with van der Waals surface area (Å²) in [6.45, 7) is 0. The van der Waals surface area contributed by atoms with Crippen molar-refractivity contribution >= 4 is 45.8 Å². The summed E-state index contributed by atoms with van der Waals surface area (Å²) in [5, 5.41) is 13.0. The summed E-state index contributed by atoms with van der Waals surface area (Å²) in [4.78, 5) is 24.3. The van der Waals surface area contributed by atoms with Gasteiger partial charge in [-0.25, -0.2) is 0 Å². The van der Waals surface area contributed by atoms with Gasteiger partial charge in [-0.15, -0.1) is 0 Å². The molecule has 1 heterocycles. The van der Waals surface area contributed by atoms with Gasteiger partial charge in [0, 0.05) is 17.2 Å². The Morgan fingerprint density at radius 2 is 1.91 bits per heavy atom. The summed E-state index contributed by atoms with van der Waals surface area (Å²) in [6.07, 6.45) is 0. The molecule has 0 aliphatic heterocycles. The fourth-order valence-corrected chi connectivity index (χ4v) is 2.43. The minimum Gasteiger partial charge on any atom is -0.506 e. The van der Waals surface area contributed by atoms with Crippen molar-refractivity contribution in [1.29, 1.82) is 0 Å². The molecule has 5 nitrogen and oxygen atoms in total. The number of phenolic OH excluding ortho intramolecular Hbond substituents is 1. The lowest BCUT2D eigenvalue weighted by molar-refractivity contribution is 0.0997. The number of carbonyl (C=O) groups is 1. The summed E-state index contributed by atoms with van der Waals surface area (Å²) >= 11 is 11.7. The molecule has 7 heteroatoms. The first-order chi connectivity index (χ1) is 11.0. The maximum atomic E-state index is 12.2. The molecule has 0 aliphatic rings. The van der Waals surface area contributed by atoms with Gasteiger partial charge >= 0.3 is 0 Å². The third-order valence-electron chi connectivity index (χ3n) is 3.14. The van der Waals surface area contributed by atoms with Gasteiger partial charge in [0.25, 0.3) is 5.91 Å². The van der Waals surface area contributed by atoms with Crippen molar-refractivity contribution < 1.29 is 14.3 Å². The van der Waals surface area contributed by atoms with E-state index in [1.54, 1.807) is 18.2 Å². The molecule has 23 heavy (non-hydrogen) atoms. The van der Waals surface area contributed by atoms with Gasteiger partial charge in [0.15, 0.2) is 16.8 Å². The number of nitrogens with one attached hydrogen (secondary N) is 1. The predicted octanol–water partition coefficient (Wildman–Crippen LogP) is 4.06. The first-order valence-corrected chi connectivity index (χ1v) is 7.23. The van der Waals surface area contributed by atoms with Gasteiger partial charge in [-0.05, 0) is 24.3 Å². The van der Waals surface area contributed by atoms with Crippen LogP contribution in [0.5, 0.6) is 5.75 Å². The molecule has 0 fully saturated rings. The van der Waals surface area contributed by atoms with Gasteiger partial charge in [0.2, 0.25) is 0 Å². The van der Waals surface area contributed by atoms with Crippen LogP contribution in [0.1, 0.15) is 10.6 Å². The third-order valence-corrected chi connectivity index (χ3v) is 3.67. The van der Waals surface area contributed by atoms with E-state index >= 15 is 0 Å². The number of hydrogen-bond donors (Lipinski definition) is 2. The normalized spacial score (nSPS) is 10.7. The molecule has 0 radical (unpaired) electrons. The molecule has 0 unspecified atom stereocenters. The van der Waals surface area contributed by atoms with E-state index in [4.69, 9.17) is 27.6 Å².